The fourth-order valence-electron chi connectivity index (χ4n) is 6.75. The molecule has 1 saturated carbocycles. The summed E-state index contributed by atoms with van der Waals surface area (Å²) in [5.74, 6) is 1.84. The number of piperazine rings is 1. The molecule has 0 N–H and O–H groups in total. The largest absolute Gasteiger partial charge is 0.493 e. The molecule has 1 amide bonds. The normalized spacial score (nSPS) is 19.7. The van der Waals surface area contributed by atoms with Gasteiger partial charge in [-0.3, -0.25) is 19.5 Å². The Morgan fingerprint density at radius 2 is 1.52 bits per heavy atom. The molecule has 236 valence electrons. The predicted molar refractivity (Wildman–Crippen MR) is 173 cm³/mol. The molecule has 46 heavy (non-hydrogen) atoms. The zero-order valence-corrected chi connectivity index (χ0v) is 26.3. The first-order chi connectivity index (χ1) is 22.2. The Bertz CT molecular complexity index is 1810. The molecule has 2 bridgehead atoms. The number of amides is 1. The van der Waals surface area contributed by atoms with E-state index in [1.54, 1.807) is 29.3 Å². The number of aromatic nitrogens is 1. The molecule has 3 aliphatic rings. The van der Waals surface area contributed by atoms with Crippen LogP contribution >= 0.6 is 0 Å². The molecule has 0 radical (unpaired) electrons. The maximum atomic E-state index is 13.3. The van der Waals surface area contributed by atoms with Gasteiger partial charge in [0.05, 0.1) is 18.0 Å². The van der Waals surface area contributed by atoms with Crippen LogP contribution in [0.15, 0.2) is 72.9 Å². The Morgan fingerprint density at radius 1 is 0.848 bits per heavy atom. The molecule has 0 unspecified atom stereocenters. The van der Waals surface area contributed by atoms with Crippen molar-refractivity contribution in [1.82, 2.24) is 14.8 Å². The lowest BCUT2D eigenvalue weighted by molar-refractivity contribution is -0.133. The van der Waals surface area contributed by atoms with E-state index in [0.717, 1.165) is 29.7 Å². The minimum atomic E-state index is -0.854. The number of carbonyl (C=O) groups is 3. The van der Waals surface area contributed by atoms with Gasteiger partial charge in [-0.25, -0.2) is 4.79 Å². The Morgan fingerprint density at radius 3 is 2.11 bits per heavy atom. The lowest BCUT2D eigenvalue weighted by atomic mass is 9.88. The predicted octanol–water partition coefficient (Wildman–Crippen LogP) is 5.93. The number of likely N-dealkylation sites (tertiary alicyclic amines) is 2. The van der Waals surface area contributed by atoms with Gasteiger partial charge in [-0.2, -0.15) is 0 Å². The fourth-order valence-corrected chi connectivity index (χ4v) is 6.75. The van der Waals surface area contributed by atoms with E-state index in [4.69, 9.17) is 14.2 Å². The summed E-state index contributed by atoms with van der Waals surface area (Å²) in [5.41, 5.74) is 2.65. The Balaban J connectivity index is 1.02. The zero-order chi connectivity index (χ0) is 32.0. The smallest absolute Gasteiger partial charge is 0.415 e. The number of aryl methyl sites for hydroxylation is 1. The van der Waals surface area contributed by atoms with Gasteiger partial charge in [0.1, 0.15) is 11.5 Å². The van der Waals surface area contributed by atoms with Crippen LogP contribution in [0.2, 0.25) is 0 Å². The van der Waals surface area contributed by atoms with Crippen molar-refractivity contribution in [3.8, 4) is 23.0 Å². The Hall–Kier alpha value is -4.76. The van der Waals surface area contributed by atoms with E-state index in [-0.39, 0.29) is 36.5 Å². The molecule has 1 aliphatic carbocycles. The standard InChI is InChI=1S/C37H37N3O6/c1-23-4-6-24(7-5-23)16-34(41)37(13-14-37)35(42)17-25-8-10-28(11-9-25)45-31-12-15-38-30-20-33(32(44-3)19-29(30)31)46-36(43)40-22-26-18-27(40)21-39(26)2/h4-12,15,19-20,26-27H,13-14,16-18,21-22H2,1-3H3/t26-,27-/m1/s1. The van der Waals surface area contributed by atoms with Crippen molar-refractivity contribution in [1.29, 1.82) is 0 Å². The van der Waals surface area contributed by atoms with Crippen LogP contribution < -0.4 is 14.2 Å². The van der Waals surface area contributed by atoms with Crippen molar-refractivity contribution in [2.75, 3.05) is 27.2 Å². The number of benzene rings is 3. The van der Waals surface area contributed by atoms with Crippen LogP contribution in [0.4, 0.5) is 4.79 Å². The van der Waals surface area contributed by atoms with Crippen molar-refractivity contribution in [3.63, 3.8) is 0 Å². The number of hydrogen-bond donors (Lipinski definition) is 0. The average Bonchev–Trinajstić information content (AvgIpc) is 3.66. The summed E-state index contributed by atoms with van der Waals surface area (Å²) in [6.45, 7) is 3.52. The van der Waals surface area contributed by atoms with Crippen LogP contribution in [0.1, 0.15) is 36.0 Å². The number of Topliss-reactive ketones (excluding diaryl/α,β-unsaturated/α-hetero) is 2. The summed E-state index contributed by atoms with van der Waals surface area (Å²) in [6.07, 6.45) is 3.95. The first kappa shape index (κ1) is 29.9. The van der Waals surface area contributed by atoms with Gasteiger partial charge in [0.2, 0.25) is 0 Å². The number of fused-ring (bicyclic) bond motifs is 3. The molecule has 2 atom stereocenters. The third kappa shape index (κ3) is 5.71. The van der Waals surface area contributed by atoms with Gasteiger partial charge in [-0.05, 0) is 68.6 Å². The van der Waals surface area contributed by atoms with Crippen LogP contribution in [-0.4, -0.2) is 71.8 Å². The zero-order valence-electron chi connectivity index (χ0n) is 26.3. The highest BCUT2D eigenvalue weighted by Crippen LogP contribution is 2.49. The molecular formula is C37H37N3O6. The van der Waals surface area contributed by atoms with Crippen molar-refractivity contribution in [2.24, 2.45) is 5.41 Å². The molecule has 4 aromatic rings. The van der Waals surface area contributed by atoms with Gasteiger partial charge in [0.15, 0.2) is 23.1 Å². The monoisotopic (exact) mass is 619 g/mol. The maximum absolute atomic E-state index is 13.3. The number of pyridine rings is 1. The highest BCUT2D eigenvalue weighted by atomic mass is 16.6. The first-order valence-corrected chi connectivity index (χ1v) is 15.8. The molecule has 3 fully saturated rings. The van der Waals surface area contributed by atoms with E-state index in [9.17, 15) is 14.4 Å². The van der Waals surface area contributed by atoms with Crippen LogP contribution in [0, 0.1) is 12.3 Å². The first-order valence-electron chi connectivity index (χ1n) is 15.8. The Kier molecular flexibility index (Phi) is 7.72. The van der Waals surface area contributed by atoms with E-state index in [1.807, 2.05) is 55.5 Å². The highest BCUT2D eigenvalue weighted by Gasteiger charge is 2.54. The minimum absolute atomic E-state index is 0.00936. The quantitative estimate of drug-likeness (QED) is 0.201. The van der Waals surface area contributed by atoms with Gasteiger partial charge in [-0.1, -0.05) is 42.0 Å². The van der Waals surface area contributed by atoms with E-state index < -0.39 is 5.41 Å². The topological polar surface area (TPSA) is 98.3 Å². The summed E-state index contributed by atoms with van der Waals surface area (Å²) in [5, 5.41) is 0.697. The molecule has 3 heterocycles. The SMILES string of the molecule is COc1cc2c(Oc3ccc(CC(=O)C4(C(=O)Cc5ccc(C)cc5)CC4)cc3)ccnc2cc1OC(=O)N1C[C@H]2C[C@@H]1CN2C. The number of nitrogens with zero attached hydrogens (tertiary/aromatic N) is 3. The van der Waals surface area contributed by atoms with Crippen molar-refractivity contribution in [2.45, 2.75) is 51.1 Å². The molecule has 3 aromatic carbocycles. The molecule has 9 heteroatoms. The molecule has 2 aliphatic heterocycles. The molecule has 9 nitrogen and oxygen atoms in total. The number of ketones is 2. The van der Waals surface area contributed by atoms with E-state index >= 15 is 0 Å². The lowest BCUT2D eigenvalue weighted by Gasteiger charge is -2.31. The molecular weight excluding hydrogens is 582 g/mol. The second-order valence-corrected chi connectivity index (χ2v) is 12.8. The van der Waals surface area contributed by atoms with Gasteiger partial charge in [0, 0.05) is 55.7 Å². The summed E-state index contributed by atoms with van der Waals surface area (Å²) >= 11 is 0. The number of likely N-dealkylation sites (N-methyl/N-ethyl adjacent to an activating group) is 1. The molecule has 7 rings (SSSR count). The lowest BCUT2D eigenvalue weighted by Crippen LogP contribution is -2.48. The summed E-state index contributed by atoms with van der Waals surface area (Å²) < 4.78 is 17.6. The molecule has 0 spiro atoms. The minimum Gasteiger partial charge on any atom is -0.493 e. The fraction of sp³-hybridized carbons (Fsp3) is 0.351. The average molecular weight is 620 g/mol. The maximum Gasteiger partial charge on any atom is 0.415 e. The second kappa shape index (κ2) is 11.9. The highest BCUT2D eigenvalue weighted by molar-refractivity contribution is 6.11. The number of carbonyl (C=O) groups excluding carboxylic acids is 3. The number of methoxy groups -OCH3 is 1. The van der Waals surface area contributed by atoms with Crippen LogP contribution in [0.3, 0.4) is 0 Å². The third-order valence-electron chi connectivity index (χ3n) is 9.75. The number of ether oxygens (including phenoxy) is 3. The van der Waals surface area contributed by atoms with E-state index in [1.165, 1.54) is 7.11 Å². The van der Waals surface area contributed by atoms with E-state index in [2.05, 4.69) is 16.9 Å². The van der Waals surface area contributed by atoms with Gasteiger partial charge >= 0.3 is 6.09 Å². The summed E-state index contributed by atoms with van der Waals surface area (Å²) in [7, 11) is 3.62. The van der Waals surface area contributed by atoms with Crippen molar-refractivity contribution in [3.05, 3.63) is 89.6 Å². The summed E-state index contributed by atoms with van der Waals surface area (Å²) in [4.78, 5) is 48.0. The number of rotatable bonds is 10. The van der Waals surface area contributed by atoms with Gasteiger partial charge < -0.3 is 19.1 Å². The van der Waals surface area contributed by atoms with Crippen LogP contribution in [0.25, 0.3) is 10.9 Å². The molecule has 1 aromatic heterocycles. The van der Waals surface area contributed by atoms with Crippen LogP contribution in [0.5, 0.6) is 23.0 Å². The number of hydrogen-bond acceptors (Lipinski definition) is 8. The Labute approximate surface area is 268 Å². The van der Waals surface area contributed by atoms with Crippen molar-refractivity contribution < 1.29 is 28.6 Å². The van der Waals surface area contributed by atoms with Crippen LogP contribution in [-0.2, 0) is 22.4 Å². The molecule has 2 saturated heterocycles. The van der Waals surface area contributed by atoms with E-state index in [0.29, 0.717) is 59.3 Å². The second-order valence-electron chi connectivity index (χ2n) is 12.8. The third-order valence-corrected chi connectivity index (χ3v) is 9.75. The van der Waals surface area contributed by atoms with Gasteiger partial charge in [-0.15, -0.1) is 0 Å². The summed E-state index contributed by atoms with van der Waals surface area (Å²) in [6, 6.07) is 21.0. The van der Waals surface area contributed by atoms with Crippen molar-refractivity contribution >= 4 is 28.6 Å². The van der Waals surface area contributed by atoms with Gasteiger partial charge in [0.25, 0.3) is 0 Å².